The Labute approximate surface area is 415 Å². The van der Waals surface area contributed by atoms with Crippen LogP contribution in [0.1, 0.15) is 72.4 Å². The molecule has 0 aliphatic carbocycles. The molecule has 6 aromatic rings. The van der Waals surface area contributed by atoms with Gasteiger partial charge in [-0.05, 0) is 55.6 Å². The minimum Gasteiger partial charge on any atom is -0.405 e. The summed E-state index contributed by atoms with van der Waals surface area (Å²) < 4.78 is 43.6. The summed E-state index contributed by atoms with van der Waals surface area (Å²) in [7, 11) is -6.34. The third-order valence-corrected chi connectivity index (χ3v) is 24.9. The number of rotatable bonds is 16. The molecule has 7 atom stereocenters. The number of nitrogens with zero attached hydrogens (tertiary/aromatic N) is 3. The first-order chi connectivity index (χ1) is 33.2. The van der Waals surface area contributed by atoms with Gasteiger partial charge in [0, 0.05) is 30.8 Å². The van der Waals surface area contributed by atoms with Crippen molar-refractivity contribution in [1.29, 1.82) is 0 Å². The molecule has 0 radical (unpaired) electrons. The van der Waals surface area contributed by atoms with E-state index >= 15 is 0 Å². The number of aromatic amines is 1. The third kappa shape index (κ3) is 10.5. The first-order valence-corrected chi connectivity index (χ1v) is 29.8. The van der Waals surface area contributed by atoms with E-state index < -0.39 is 82.2 Å². The van der Waals surface area contributed by atoms with Gasteiger partial charge in [0.05, 0.1) is 25.4 Å². The fourth-order valence-electron chi connectivity index (χ4n) is 9.98. The molecule has 4 aromatic carbocycles. The number of aromatic nitrogens is 4. The Hall–Kier alpha value is -4.96. The van der Waals surface area contributed by atoms with Crippen molar-refractivity contribution in [3.63, 3.8) is 0 Å². The van der Waals surface area contributed by atoms with Gasteiger partial charge in [0.15, 0.2) is 0 Å². The van der Waals surface area contributed by atoms with E-state index in [9.17, 15) is 19.3 Å². The molecule has 2 aromatic heterocycles. The number of nitrogen functional groups attached to an aromatic ring is 1. The van der Waals surface area contributed by atoms with Crippen LogP contribution >= 0.6 is 6.72 Å². The number of anilines is 1. The van der Waals surface area contributed by atoms with Crippen molar-refractivity contribution >= 4 is 61.7 Å². The lowest BCUT2D eigenvalue weighted by Gasteiger charge is -2.45. The average Bonchev–Trinajstić information content (AvgIpc) is 3.91. The van der Waals surface area contributed by atoms with Gasteiger partial charge in [-0.3, -0.25) is 18.9 Å². The second-order valence-corrected chi connectivity index (χ2v) is 31.3. The van der Waals surface area contributed by atoms with Crippen molar-refractivity contribution in [2.45, 2.75) is 108 Å². The van der Waals surface area contributed by atoms with E-state index in [0.29, 0.717) is 5.56 Å². The number of hydrogen-bond donors (Lipinski definition) is 3. The van der Waals surface area contributed by atoms with Gasteiger partial charge in [-0.2, -0.15) is 4.98 Å². The Bertz CT molecular complexity index is 2890. The molecule has 0 saturated carbocycles. The lowest BCUT2D eigenvalue weighted by Crippen LogP contribution is -2.68. The summed E-state index contributed by atoms with van der Waals surface area (Å²) in [6.45, 7) is 10.1. The fraction of sp³-hybridized carbons (Fsp3) is 0.373. The summed E-state index contributed by atoms with van der Waals surface area (Å²) in [5.74, 6) is 0.0621. The molecule has 2 aliphatic rings. The Morgan fingerprint density at radius 1 is 0.714 bits per heavy atom. The normalized spacial score (nSPS) is 21.9. The molecule has 0 spiro atoms. The summed E-state index contributed by atoms with van der Waals surface area (Å²) in [5, 5.41) is 3.37. The van der Waals surface area contributed by atoms with Crippen LogP contribution in [0.3, 0.4) is 0 Å². The second kappa shape index (κ2) is 20.6. The van der Waals surface area contributed by atoms with Crippen molar-refractivity contribution in [3.05, 3.63) is 177 Å². The maximum Gasteiger partial charge on any atom is 0.351 e. The van der Waals surface area contributed by atoms with E-state index in [1.807, 2.05) is 72.8 Å². The summed E-state index contributed by atoms with van der Waals surface area (Å²) in [6, 6.07) is 42.1. The summed E-state index contributed by atoms with van der Waals surface area (Å²) >= 11 is 5.83. The predicted octanol–water partition coefficient (Wildman–Crippen LogP) is 5.40. The van der Waals surface area contributed by atoms with Gasteiger partial charge >= 0.3 is 18.1 Å². The summed E-state index contributed by atoms with van der Waals surface area (Å²) in [5.41, 5.74) is 4.44. The first kappa shape index (κ1) is 51.4. The smallest absolute Gasteiger partial charge is 0.351 e. The maximum absolute atomic E-state index is 13.4. The molecule has 0 bridgehead atoms. The van der Waals surface area contributed by atoms with E-state index in [1.54, 1.807) is 6.92 Å². The van der Waals surface area contributed by atoms with Gasteiger partial charge in [0.2, 0.25) is 0 Å². The molecule has 2 fully saturated rings. The van der Waals surface area contributed by atoms with Gasteiger partial charge < -0.3 is 38.0 Å². The highest BCUT2D eigenvalue weighted by atomic mass is 32.5. The van der Waals surface area contributed by atoms with Crippen molar-refractivity contribution in [3.8, 4) is 0 Å². The summed E-state index contributed by atoms with van der Waals surface area (Å²) in [6.07, 6.45) is -1.85. The Kier molecular flexibility index (Phi) is 15.2. The number of nitrogens with one attached hydrogen (secondary N) is 1. The number of benzene rings is 4. The van der Waals surface area contributed by atoms with E-state index in [-0.39, 0.29) is 36.9 Å². The molecule has 2 aliphatic heterocycles. The minimum atomic E-state index is -4.18. The maximum atomic E-state index is 13.4. The number of H-pyrrole nitrogens is 1. The molecule has 4 N–H and O–H groups in total. The number of aryl methyl sites for hydroxylation is 1. The van der Waals surface area contributed by atoms with Crippen molar-refractivity contribution in [1.82, 2.24) is 19.1 Å². The topological polar surface area (TPSA) is 191 Å². The van der Waals surface area contributed by atoms with Crippen LogP contribution in [0.4, 0.5) is 5.82 Å². The zero-order chi connectivity index (χ0) is 50.1. The lowest BCUT2D eigenvalue weighted by atomic mass is 10.2. The highest BCUT2D eigenvalue weighted by molar-refractivity contribution is 8.07. The van der Waals surface area contributed by atoms with Crippen LogP contribution in [-0.4, -0.2) is 78.3 Å². The van der Waals surface area contributed by atoms with Crippen LogP contribution in [0, 0.1) is 6.92 Å². The van der Waals surface area contributed by atoms with Crippen LogP contribution in [0.5, 0.6) is 0 Å². The largest absolute Gasteiger partial charge is 0.405 e. The first-order valence-electron chi connectivity index (χ1n) is 23.4. The van der Waals surface area contributed by atoms with E-state index in [4.69, 9.17) is 44.9 Å². The number of ether oxygens (including phenoxy) is 2. The molecule has 2 saturated heterocycles. The van der Waals surface area contributed by atoms with Gasteiger partial charge in [-0.25, -0.2) is 9.59 Å². The molecule has 4 heterocycles. The number of hydrogen-bond acceptors (Lipinski definition) is 12. The fourth-order valence-corrected chi connectivity index (χ4v) is 20.7. The van der Waals surface area contributed by atoms with E-state index in [1.165, 1.54) is 27.6 Å². The average molecular weight is 1020 g/mol. The lowest BCUT2D eigenvalue weighted by molar-refractivity contribution is -0.0503. The SMILES string of the molecule is Cc1cn([C@H]2C[C@H](O[Si](c3ccccc3)(c3ccccc3)C(C)(C)C)[C@@H](CO[P@](O)(=S)O[C@H]3C[C@H](n4ccc(N)nc4=O)O[C@@H]3CO[Si](c3ccccc3)(c3ccccc3)C(C)(C)C)O2)c(=O)[nH]c1=O. The van der Waals surface area contributed by atoms with Crippen molar-refractivity contribution in [2.75, 3.05) is 18.9 Å². The molecule has 15 nitrogen and oxygen atoms in total. The van der Waals surface area contributed by atoms with Gasteiger partial charge in [0.25, 0.3) is 22.2 Å². The Balaban J connectivity index is 1.12. The van der Waals surface area contributed by atoms with Crippen LogP contribution in [0.15, 0.2) is 154 Å². The van der Waals surface area contributed by atoms with Gasteiger partial charge in [-0.1, -0.05) is 163 Å². The highest BCUT2D eigenvalue weighted by Crippen LogP contribution is 2.50. The molecule has 0 amide bonds. The molecular formula is C51H62N5O10PSSi2. The molecular weight excluding hydrogens is 962 g/mol. The highest BCUT2D eigenvalue weighted by Gasteiger charge is 2.55. The predicted molar refractivity (Wildman–Crippen MR) is 279 cm³/mol. The third-order valence-electron chi connectivity index (χ3n) is 13.3. The molecule has 19 heteroatoms. The molecule has 0 unspecified atom stereocenters. The number of nitrogens with two attached hydrogens (primary N) is 1. The Morgan fingerprint density at radius 2 is 1.17 bits per heavy atom. The molecule has 70 heavy (non-hydrogen) atoms. The van der Waals surface area contributed by atoms with Crippen LogP contribution in [-0.2, 0) is 39.2 Å². The summed E-state index contributed by atoms with van der Waals surface area (Å²) in [4.78, 5) is 57.5. The monoisotopic (exact) mass is 1020 g/mol. The minimum absolute atomic E-state index is 0.0100. The zero-order valence-electron chi connectivity index (χ0n) is 40.5. The molecule has 370 valence electrons. The van der Waals surface area contributed by atoms with E-state index in [2.05, 4.69) is 100 Å². The second-order valence-electron chi connectivity index (χ2n) is 20.0. The Morgan fingerprint density at radius 3 is 1.66 bits per heavy atom. The van der Waals surface area contributed by atoms with Gasteiger partial charge in [-0.15, -0.1) is 0 Å². The van der Waals surface area contributed by atoms with Crippen molar-refractivity contribution in [2.24, 2.45) is 0 Å². The van der Waals surface area contributed by atoms with E-state index in [0.717, 1.165) is 20.7 Å². The molecule has 8 rings (SSSR count). The van der Waals surface area contributed by atoms with Crippen LogP contribution < -0.4 is 43.4 Å². The zero-order valence-corrected chi connectivity index (χ0v) is 44.2. The van der Waals surface area contributed by atoms with Crippen LogP contribution in [0.25, 0.3) is 0 Å². The van der Waals surface area contributed by atoms with Crippen molar-refractivity contribution < 1.29 is 32.3 Å². The van der Waals surface area contributed by atoms with Crippen LogP contribution in [0.2, 0.25) is 10.1 Å². The standard InChI is InChI=1S/C51H62N5O10PSSi2/c1-35-32-56(49(59)54-47(35)57)46-31-41(66-70(51(5,6)7,38-24-16-10-17-25-38)39-26-18-11-19-27-39)42(63-46)33-61-67(60,68)65-40-30-45(55-29-28-44(52)53-48(55)58)64-43(40)34-62-69(50(2,3)4,36-20-12-8-13-21-36)37-22-14-9-15-23-37/h8-29,32,40-43,45-46H,30-31,33-34H2,1-7H3,(H,60,68)(H2,52,53,58)(H,54,57,59)/t40-,41-,42+,43+,45+,46+,67-/m0/s1. The van der Waals surface area contributed by atoms with Gasteiger partial charge in [0.1, 0.15) is 30.5 Å². The quantitative estimate of drug-likeness (QED) is 0.0826.